The highest BCUT2D eigenvalue weighted by Gasteiger charge is 2.81. The van der Waals surface area contributed by atoms with Gasteiger partial charge in [-0.2, -0.15) is 0 Å². The van der Waals surface area contributed by atoms with Crippen molar-refractivity contribution in [2.45, 2.75) is 66.8 Å². The molecule has 3 rings (SSSR count). The first kappa shape index (κ1) is 12.2. The molecule has 3 aliphatic rings. The second-order valence-electron chi connectivity index (χ2n) is 5.67. The van der Waals surface area contributed by atoms with E-state index in [0.29, 0.717) is 6.17 Å². The second-order valence-corrected chi connectivity index (χ2v) is 7.82. The van der Waals surface area contributed by atoms with E-state index in [1.54, 1.807) is 0 Å². The predicted octanol–water partition coefficient (Wildman–Crippen LogP) is 1.67. The van der Waals surface area contributed by atoms with Crippen molar-refractivity contribution in [1.82, 2.24) is 10.6 Å². The number of alkyl halides is 1. The Morgan fingerprint density at radius 3 is 2.41 bits per heavy atom. The molecule has 0 spiro atoms. The molecule has 0 aromatic rings. The molecule has 5 heteroatoms. The molecule has 0 amide bonds. The molecular formula is C12H19IN2O2. The Balaban J connectivity index is 1.70. The second kappa shape index (κ2) is 3.57. The highest BCUT2D eigenvalue weighted by atomic mass is 127. The molecule has 0 aromatic heterocycles. The fourth-order valence-electron chi connectivity index (χ4n) is 2.91. The van der Waals surface area contributed by atoms with E-state index in [-0.39, 0.29) is 17.2 Å². The lowest BCUT2D eigenvalue weighted by atomic mass is 9.98. The summed E-state index contributed by atoms with van der Waals surface area (Å²) in [6, 6.07) is 0. The third kappa shape index (κ3) is 1.65. The number of carbonyl (C=O) groups excluding carboxylic acids is 1. The maximum atomic E-state index is 12.4. The van der Waals surface area contributed by atoms with Crippen molar-refractivity contribution in [3.63, 3.8) is 0 Å². The minimum atomic E-state index is -0.500. The van der Waals surface area contributed by atoms with Crippen LogP contribution in [0.1, 0.15) is 46.0 Å². The first-order valence-corrected chi connectivity index (χ1v) is 7.51. The van der Waals surface area contributed by atoms with Gasteiger partial charge in [0.25, 0.3) is 0 Å². The Kier molecular flexibility index (Phi) is 2.56. The van der Waals surface area contributed by atoms with E-state index in [2.05, 4.69) is 40.1 Å². The van der Waals surface area contributed by atoms with Crippen LogP contribution in [0, 0.1) is 0 Å². The van der Waals surface area contributed by atoms with Crippen LogP contribution in [-0.2, 0) is 9.53 Å². The van der Waals surface area contributed by atoms with Crippen LogP contribution in [-0.4, -0.2) is 26.8 Å². The van der Waals surface area contributed by atoms with Gasteiger partial charge in [-0.3, -0.25) is 15.4 Å². The number of hydrogen-bond acceptors (Lipinski definition) is 4. The van der Waals surface area contributed by atoms with Gasteiger partial charge in [-0.1, -0.05) is 29.5 Å². The van der Waals surface area contributed by atoms with Crippen molar-refractivity contribution in [2.75, 3.05) is 0 Å². The first-order valence-electron chi connectivity index (χ1n) is 6.44. The number of carbonyl (C=O) groups is 1. The van der Waals surface area contributed by atoms with Crippen molar-refractivity contribution < 1.29 is 9.53 Å². The van der Waals surface area contributed by atoms with Gasteiger partial charge in [0.05, 0.1) is 6.17 Å². The molecule has 1 atom stereocenters. The molecule has 2 saturated heterocycles. The summed E-state index contributed by atoms with van der Waals surface area (Å²) in [5.41, 5.74) is -0.350. The summed E-state index contributed by atoms with van der Waals surface area (Å²) in [5, 5.41) is 6.53. The summed E-state index contributed by atoms with van der Waals surface area (Å²) in [6.45, 7) is 4.08. The van der Waals surface area contributed by atoms with Crippen LogP contribution in [0.25, 0.3) is 0 Å². The molecule has 1 unspecified atom stereocenters. The number of hydrogen-bond donors (Lipinski definition) is 2. The van der Waals surface area contributed by atoms with E-state index in [1.165, 1.54) is 12.8 Å². The van der Waals surface area contributed by atoms with E-state index in [9.17, 15) is 4.79 Å². The molecular weight excluding hydrogens is 331 g/mol. The molecule has 4 nitrogen and oxygen atoms in total. The van der Waals surface area contributed by atoms with Gasteiger partial charge in [-0.05, 0) is 39.0 Å². The zero-order chi connectivity index (χ0) is 12.3. The standard InChI is InChI=1S/C12H19IN2O2/c1-3-11(6-4-5-7-11)17-9(16)10(2,13)12-8(14-12)15-12/h8,14-15H,3-7H2,1-2H3. The summed E-state index contributed by atoms with van der Waals surface area (Å²) >= 11 is 2.22. The van der Waals surface area contributed by atoms with Gasteiger partial charge in [0.2, 0.25) is 0 Å². The SMILES string of the molecule is CCC1(OC(=O)C(C)(I)C23NC2N3)CCCC1. The molecule has 17 heavy (non-hydrogen) atoms. The Labute approximate surface area is 115 Å². The van der Waals surface area contributed by atoms with Gasteiger partial charge in [-0.15, -0.1) is 0 Å². The quantitative estimate of drug-likeness (QED) is 0.350. The number of esters is 1. The average Bonchev–Trinajstić information content (AvgIpc) is 3.09. The molecule has 1 aliphatic carbocycles. The average molecular weight is 350 g/mol. The zero-order valence-corrected chi connectivity index (χ0v) is 12.5. The van der Waals surface area contributed by atoms with Crippen LogP contribution in [0.15, 0.2) is 0 Å². The lowest BCUT2D eigenvalue weighted by Crippen LogP contribution is -2.50. The zero-order valence-electron chi connectivity index (χ0n) is 10.3. The summed E-state index contributed by atoms with van der Waals surface area (Å²) in [4.78, 5) is 12.4. The van der Waals surface area contributed by atoms with Gasteiger partial charge < -0.3 is 4.74 Å². The van der Waals surface area contributed by atoms with E-state index < -0.39 is 3.42 Å². The van der Waals surface area contributed by atoms with Gasteiger partial charge >= 0.3 is 5.97 Å². The van der Waals surface area contributed by atoms with Crippen molar-refractivity contribution in [3.05, 3.63) is 0 Å². The Morgan fingerprint density at radius 2 is 2.00 bits per heavy atom. The molecule has 3 fully saturated rings. The van der Waals surface area contributed by atoms with Crippen LogP contribution in [0.4, 0.5) is 0 Å². The van der Waals surface area contributed by atoms with Crippen molar-refractivity contribution in [1.29, 1.82) is 0 Å². The highest BCUT2D eigenvalue weighted by Crippen LogP contribution is 2.52. The number of rotatable bonds is 4. The third-order valence-electron chi connectivity index (χ3n) is 4.60. The number of fused-ring (bicyclic) bond motifs is 1. The van der Waals surface area contributed by atoms with Gasteiger partial charge in [0.1, 0.15) is 11.3 Å². The minimum Gasteiger partial charge on any atom is -0.458 e. The van der Waals surface area contributed by atoms with E-state index >= 15 is 0 Å². The van der Waals surface area contributed by atoms with E-state index in [4.69, 9.17) is 4.74 Å². The molecule has 0 bridgehead atoms. The Morgan fingerprint density at radius 1 is 1.47 bits per heavy atom. The summed E-state index contributed by atoms with van der Waals surface area (Å²) < 4.78 is 5.38. The highest BCUT2D eigenvalue weighted by molar-refractivity contribution is 14.1. The maximum Gasteiger partial charge on any atom is 0.325 e. The number of halogens is 1. The van der Waals surface area contributed by atoms with Crippen LogP contribution < -0.4 is 10.6 Å². The monoisotopic (exact) mass is 350 g/mol. The fraction of sp³-hybridized carbons (Fsp3) is 0.917. The van der Waals surface area contributed by atoms with Gasteiger partial charge in [0.15, 0.2) is 3.42 Å². The number of nitrogens with one attached hydrogen (secondary N) is 2. The predicted molar refractivity (Wildman–Crippen MR) is 72.8 cm³/mol. The number of ether oxygens (including phenoxy) is 1. The fourth-order valence-corrected chi connectivity index (χ4v) is 3.65. The lowest BCUT2D eigenvalue weighted by molar-refractivity contribution is -0.162. The minimum absolute atomic E-state index is 0.0677. The van der Waals surface area contributed by atoms with E-state index in [1.807, 2.05) is 6.92 Å². The summed E-state index contributed by atoms with van der Waals surface area (Å²) in [7, 11) is 0. The molecule has 2 heterocycles. The summed E-state index contributed by atoms with van der Waals surface area (Å²) in [5.74, 6) is -0.0677. The topological polar surface area (TPSA) is 70.2 Å². The molecule has 1 saturated carbocycles. The first-order chi connectivity index (χ1) is 7.96. The maximum absolute atomic E-state index is 12.4. The molecule has 96 valence electrons. The summed E-state index contributed by atoms with van der Waals surface area (Å²) in [6.07, 6.45) is 5.69. The lowest BCUT2D eigenvalue weighted by Gasteiger charge is -2.32. The smallest absolute Gasteiger partial charge is 0.325 e. The van der Waals surface area contributed by atoms with Gasteiger partial charge in [0, 0.05) is 0 Å². The van der Waals surface area contributed by atoms with Gasteiger partial charge in [-0.25, -0.2) is 0 Å². The normalized spacial score (nSPS) is 40.3. The van der Waals surface area contributed by atoms with Crippen molar-refractivity contribution in [3.8, 4) is 0 Å². The molecule has 2 N–H and O–H groups in total. The van der Waals surface area contributed by atoms with Crippen LogP contribution in [0.2, 0.25) is 0 Å². The van der Waals surface area contributed by atoms with Crippen LogP contribution in [0.3, 0.4) is 0 Å². The molecule has 0 aromatic carbocycles. The third-order valence-corrected chi connectivity index (χ3v) is 5.89. The van der Waals surface area contributed by atoms with Crippen molar-refractivity contribution >= 4 is 28.6 Å². The molecule has 2 aliphatic heterocycles. The Bertz CT molecular complexity index is 358. The van der Waals surface area contributed by atoms with Crippen LogP contribution >= 0.6 is 22.6 Å². The van der Waals surface area contributed by atoms with Crippen molar-refractivity contribution in [2.24, 2.45) is 0 Å². The van der Waals surface area contributed by atoms with Crippen LogP contribution in [0.5, 0.6) is 0 Å². The van der Waals surface area contributed by atoms with E-state index in [0.717, 1.165) is 19.3 Å². The Hall–Kier alpha value is 0.120. The molecule has 0 radical (unpaired) electrons. The largest absolute Gasteiger partial charge is 0.458 e.